The number of hydrogen-bond acceptors (Lipinski definition) is 6. The highest BCUT2D eigenvalue weighted by Crippen LogP contribution is 2.33. The number of unbranched alkanes of at least 4 members (excludes halogenated alkanes) is 2. The minimum absolute atomic E-state index is 0.0697. The summed E-state index contributed by atoms with van der Waals surface area (Å²) in [5, 5.41) is 0. The van der Waals surface area contributed by atoms with Gasteiger partial charge in [-0.05, 0) is 63.4 Å². The van der Waals surface area contributed by atoms with Crippen molar-refractivity contribution in [3.8, 4) is 0 Å². The zero-order valence-electron chi connectivity index (χ0n) is 24.7. The molecule has 2 aliphatic heterocycles. The first-order chi connectivity index (χ1) is 19.0. The van der Waals surface area contributed by atoms with E-state index in [-0.39, 0.29) is 5.78 Å². The Hall–Kier alpha value is -2.83. The fraction of sp³-hybridized carbons (Fsp3) is 0.545. The standard InChI is InChI=1S/C33H49N5O/c1-5-7-17-36(18-8-6-2)29-12-9-11-28(27-29)33(39)16-15-30-31(37-23-19-34(3)20-24-37)13-10-14-32(30)38-25-21-35(4)22-26-38/h9-16,27H,5-8,17-26H2,1-4H3. The van der Waals surface area contributed by atoms with Gasteiger partial charge in [-0.25, -0.2) is 0 Å². The van der Waals surface area contributed by atoms with Gasteiger partial charge in [0.1, 0.15) is 0 Å². The summed E-state index contributed by atoms with van der Waals surface area (Å²) in [4.78, 5) is 25.7. The Morgan fingerprint density at radius 3 is 1.79 bits per heavy atom. The van der Waals surface area contributed by atoms with Gasteiger partial charge in [-0.2, -0.15) is 0 Å². The van der Waals surface area contributed by atoms with Crippen LogP contribution in [0.15, 0.2) is 48.5 Å². The fourth-order valence-corrected chi connectivity index (χ4v) is 5.54. The Morgan fingerprint density at radius 1 is 0.769 bits per heavy atom. The number of anilines is 3. The van der Waals surface area contributed by atoms with E-state index >= 15 is 0 Å². The van der Waals surface area contributed by atoms with Crippen LogP contribution in [-0.4, -0.2) is 95.1 Å². The van der Waals surface area contributed by atoms with Crippen LogP contribution < -0.4 is 14.7 Å². The van der Waals surface area contributed by atoms with Crippen LogP contribution in [0, 0.1) is 0 Å². The summed E-state index contributed by atoms with van der Waals surface area (Å²) >= 11 is 0. The van der Waals surface area contributed by atoms with Gasteiger partial charge >= 0.3 is 0 Å². The topological polar surface area (TPSA) is 33.3 Å². The molecule has 2 saturated heterocycles. The second-order valence-corrected chi connectivity index (χ2v) is 11.2. The first-order valence-electron chi connectivity index (χ1n) is 15.1. The van der Waals surface area contributed by atoms with E-state index < -0.39 is 0 Å². The molecule has 0 bridgehead atoms. The molecule has 0 unspecified atom stereocenters. The van der Waals surface area contributed by atoms with E-state index in [0.717, 1.165) is 76.7 Å². The molecular weight excluding hydrogens is 482 g/mol. The Bertz CT molecular complexity index is 1040. The van der Waals surface area contributed by atoms with Gasteiger partial charge in [-0.1, -0.05) is 44.9 Å². The van der Waals surface area contributed by atoms with Gasteiger partial charge < -0.3 is 24.5 Å². The molecule has 2 heterocycles. The third-order valence-corrected chi connectivity index (χ3v) is 8.21. The predicted molar refractivity (Wildman–Crippen MR) is 168 cm³/mol. The van der Waals surface area contributed by atoms with Crippen molar-refractivity contribution in [1.82, 2.24) is 9.80 Å². The molecule has 212 valence electrons. The number of nitrogens with zero attached hydrogens (tertiary/aromatic N) is 5. The second-order valence-electron chi connectivity index (χ2n) is 11.2. The van der Waals surface area contributed by atoms with Crippen molar-refractivity contribution in [2.24, 2.45) is 0 Å². The summed E-state index contributed by atoms with van der Waals surface area (Å²) in [6, 6.07) is 14.9. The molecule has 2 aliphatic rings. The molecule has 6 nitrogen and oxygen atoms in total. The maximum Gasteiger partial charge on any atom is 0.185 e. The number of carbonyl (C=O) groups excluding carboxylic acids is 1. The van der Waals surface area contributed by atoms with E-state index in [1.807, 2.05) is 12.1 Å². The number of piperazine rings is 2. The number of ketones is 1. The average Bonchev–Trinajstić information content (AvgIpc) is 2.97. The molecule has 0 radical (unpaired) electrons. The second kappa shape index (κ2) is 14.5. The number of carbonyl (C=O) groups is 1. The van der Waals surface area contributed by atoms with Gasteiger partial charge in [0.25, 0.3) is 0 Å². The van der Waals surface area contributed by atoms with Crippen LogP contribution in [-0.2, 0) is 0 Å². The van der Waals surface area contributed by atoms with Crippen LogP contribution in [0.3, 0.4) is 0 Å². The summed E-state index contributed by atoms with van der Waals surface area (Å²) in [7, 11) is 4.38. The Morgan fingerprint density at radius 2 is 1.28 bits per heavy atom. The van der Waals surface area contributed by atoms with Crippen molar-refractivity contribution in [2.45, 2.75) is 39.5 Å². The van der Waals surface area contributed by atoms with Gasteiger partial charge in [0, 0.05) is 93.6 Å². The smallest absolute Gasteiger partial charge is 0.185 e. The van der Waals surface area contributed by atoms with Crippen LogP contribution in [0.2, 0.25) is 0 Å². The van der Waals surface area contributed by atoms with E-state index in [0.29, 0.717) is 0 Å². The summed E-state index contributed by atoms with van der Waals surface area (Å²) < 4.78 is 0. The summed E-state index contributed by atoms with van der Waals surface area (Å²) in [6.07, 6.45) is 8.57. The fourth-order valence-electron chi connectivity index (χ4n) is 5.54. The summed E-state index contributed by atoms with van der Waals surface area (Å²) in [5.41, 5.74) is 5.57. The molecule has 39 heavy (non-hydrogen) atoms. The van der Waals surface area contributed by atoms with Gasteiger partial charge in [-0.15, -0.1) is 0 Å². The Kier molecular flexibility index (Phi) is 10.9. The number of rotatable bonds is 12. The van der Waals surface area contributed by atoms with Crippen molar-refractivity contribution < 1.29 is 4.79 Å². The van der Waals surface area contributed by atoms with E-state index in [9.17, 15) is 4.79 Å². The van der Waals surface area contributed by atoms with Crippen molar-refractivity contribution >= 4 is 28.9 Å². The molecule has 0 N–H and O–H groups in total. The third kappa shape index (κ3) is 7.86. The zero-order chi connectivity index (χ0) is 27.6. The lowest BCUT2D eigenvalue weighted by Crippen LogP contribution is -2.46. The molecule has 0 aromatic heterocycles. The molecule has 0 spiro atoms. The number of likely N-dealkylation sites (N-methyl/N-ethyl adjacent to an activating group) is 2. The number of benzene rings is 2. The Balaban J connectivity index is 1.61. The predicted octanol–water partition coefficient (Wildman–Crippen LogP) is 5.49. The summed E-state index contributed by atoms with van der Waals surface area (Å²) in [5.74, 6) is 0.0697. The van der Waals surface area contributed by atoms with Crippen LogP contribution in [0.4, 0.5) is 17.1 Å². The molecule has 2 aromatic carbocycles. The first-order valence-corrected chi connectivity index (χ1v) is 15.1. The molecule has 0 aliphatic carbocycles. The largest absolute Gasteiger partial charge is 0.372 e. The van der Waals surface area contributed by atoms with Gasteiger partial charge in [0.15, 0.2) is 5.78 Å². The van der Waals surface area contributed by atoms with Gasteiger partial charge in [0.2, 0.25) is 0 Å². The lowest BCUT2D eigenvalue weighted by Gasteiger charge is -2.38. The van der Waals surface area contributed by atoms with E-state index in [2.05, 4.69) is 88.9 Å². The van der Waals surface area contributed by atoms with Crippen molar-refractivity contribution in [3.63, 3.8) is 0 Å². The average molecular weight is 532 g/mol. The Labute approximate surface area is 236 Å². The maximum atomic E-state index is 13.5. The van der Waals surface area contributed by atoms with Gasteiger partial charge in [0.05, 0.1) is 0 Å². The molecule has 4 rings (SSSR count). The van der Waals surface area contributed by atoms with Crippen molar-refractivity contribution in [2.75, 3.05) is 94.2 Å². The normalized spacial score (nSPS) is 17.2. The minimum atomic E-state index is 0.0697. The highest BCUT2D eigenvalue weighted by molar-refractivity contribution is 6.08. The minimum Gasteiger partial charge on any atom is -0.372 e. The number of allylic oxidation sites excluding steroid dienone is 1. The third-order valence-electron chi connectivity index (χ3n) is 8.21. The van der Waals surface area contributed by atoms with E-state index in [1.165, 1.54) is 42.6 Å². The van der Waals surface area contributed by atoms with E-state index in [4.69, 9.17) is 0 Å². The van der Waals surface area contributed by atoms with Crippen LogP contribution in [0.5, 0.6) is 0 Å². The monoisotopic (exact) mass is 531 g/mol. The summed E-state index contributed by atoms with van der Waals surface area (Å²) in [6.45, 7) is 14.8. The molecular formula is C33H49N5O. The zero-order valence-corrected chi connectivity index (χ0v) is 24.7. The molecule has 2 fully saturated rings. The first kappa shape index (κ1) is 29.2. The highest BCUT2D eigenvalue weighted by Gasteiger charge is 2.22. The highest BCUT2D eigenvalue weighted by atomic mass is 16.1. The number of hydrogen-bond donors (Lipinski definition) is 0. The van der Waals surface area contributed by atoms with Crippen LogP contribution in [0.25, 0.3) is 6.08 Å². The van der Waals surface area contributed by atoms with Crippen LogP contribution in [0.1, 0.15) is 55.5 Å². The maximum absolute atomic E-state index is 13.5. The van der Waals surface area contributed by atoms with Crippen LogP contribution >= 0.6 is 0 Å². The SMILES string of the molecule is CCCCN(CCCC)c1cccc(C(=O)C=Cc2c(N3CCN(C)CC3)cccc2N2CCN(C)CC2)c1. The molecule has 2 aromatic rings. The van der Waals surface area contributed by atoms with E-state index in [1.54, 1.807) is 6.08 Å². The molecule has 0 amide bonds. The molecule has 0 atom stereocenters. The van der Waals surface area contributed by atoms with Gasteiger partial charge in [-0.3, -0.25) is 4.79 Å². The quantitative estimate of drug-likeness (QED) is 0.266. The lowest BCUT2D eigenvalue weighted by atomic mass is 10.0. The molecule has 6 heteroatoms. The lowest BCUT2D eigenvalue weighted by molar-refractivity contribution is 0.104. The van der Waals surface area contributed by atoms with Crippen molar-refractivity contribution in [1.29, 1.82) is 0 Å². The molecule has 0 saturated carbocycles. The van der Waals surface area contributed by atoms with Crippen molar-refractivity contribution in [3.05, 3.63) is 59.7 Å².